The summed E-state index contributed by atoms with van der Waals surface area (Å²) in [5.41, 5.74) is 0. The Bertz CT molecular complexity index is 485. The van der Waals surface area contributed by atoms with Gasteiger partial charge in [0.1, 0.15) is 4.90 Å². The first-order valence-corrected chi connectivity index (χ1v) is 6.20. The van der Waals surface area contributed by atoms with E-state index in [1.54, 1.807) is 7.05 Å². The Labute approximate surface area is 98.3 Å². The third kappa shape index (κ3) is 3.73. The summed E-state index contributed by atoms with van der Waals surface area (Å²) in [4.78, 5) is 13.0. The van der Waals surface area contributed by atoms with E-state index in [4.69, 9.17) is 0 Å². The maximum Gasteiger partial charge on any atom is 0.363 e. The van der Waals surface area contributed by atoms with Gasteiger partial charge >= 0.3 is 5.82 Å². The van der Waals surface area contributed by atoms with Crippen LogP contribution in [-0.4, -0.2) is 38.5 Å². The third-order valence-corrected chi connectivity index (χ3v) is 3.33. The van der Waals surface area contributed by atoms with Crippen molar-refractivity contribution in [3.8, 4) is 0 Å². The Morgan fingerprint density at radius 1 is 1.41 bits per heavy atom. The van der Waals surface area contributed by atoms with Gasteiger partial charge in [0.2, 0.25) is 10.0 Å². The van der Waals surface area contributed by atoms with Crippen molar-refractivity contribution in [2.24, 2.45) is 0 Å². The second kappa shape index (κ2) is 5.66. The Morgan fingerprint density at radius 3 is 2.59 bits per heavy atom. The smallest absolute Gasteiger partial charge is 0.358 e. The molecule has 0 bridgehead atoms. The molecule has 0 saturated heterocycles. The number of aromatic nitrogens is 1. The van der Waals surface area contributed by atoms with Crippen LogP contribution in [-0.2, 0) is 10.0 Å². The summed E-state index contributed by atoms with van der Waals surface area (Å²) < 4.78 is 25.6. The molecule has 0 atom stereocenters. The predicted octanol–water partition coefficient (Wildman–Crippen LogP) is -0.512. The molecule has 0 aliphatic carbocycles. The fraction of sp³-hybridized carbons (Fsp3) is 0.375. The predicted molar refractivity (Wildman–Crippen MR) is 60.0 cm³/mol. The first-order chi connectivity index (χ1) is 7.97. The normalized spacial score (nSPS) is 11.4. The van der Waals surface area contributed by atoms with E-state index < -0.39 is 14.9 Å². The van der Waals surface area contributed by atoms with Gasteiger partial charge in [-0.2, -0.15) is 0 Å². The second-order valence-corrected chi connectivity index (χ2v) is 4.88. The number of likely N-dealkylation sites (N-methyl/N-ethyl adjacent to an activating group) is 1. The van der Waals surface area contributed by atoms with Gasteiger partial charge in [-0.1, -0.05) is 0 Å². The molecule has 0 aromatic carbocycles. The maximum absolute atomic E-state index is 11.6. The molecule has 0 fully saturated rings. The van der Waals surface area contributed by atoms with E-state index in [2.05, 4.69) is 15.0 Å². The van der Waals surface area contributed by atoms with Crippen molar-refractivity contribution in [3.05, 3.63) is 28.4 Å². The van der Waals surface area contributed by atoms with Gasteiger partial charge in [-0.3, -0.25) is 0 Å². The largest absolute Gasteiger partial charge is 0.363 e. The molecule has 8 nitrogen and oxygen atoms in total. The van der Waals surface area contributed by atoms with Gasteiger partial charge in [0.15, 0.2) is 6.20 Å². The van der Waals surface area contributed by atoms with Crippen molar-refractivity contribution in [2.75, 3.05) is 20.1 Å². The summed E-state index contributed by atoms with van der Waals surface area (Å²) in [7, 11) is -1.95. The highest BCUT2D eigenvalue weighted by molar-refractivity contribution is 7.89. The quantitative estimate of drug-likeness (QED) is 0.404. The number of nitro groups is 1. The van der Waals surface area contributed by atoms with Crippen LogP contribution in [0.15, 0.2) is 23.2 Å². The zero-order valence-corrected chi connectivity index (χ0v) is 9.90. The molecule has 2 N–H and O–H groups in total. The van der Waals surface area contributed by atoms with Crippen molar-refractivity contribution >= 4 is 15.8 Å². The molecule has 17 heavy (non-hydrogen) atoms. The van der Waals surface area contributed by atoms with Gasteiger partial charge in [-0.05, 0) is 23.0 Å². The van der Waals surface area contributed by atoms with Crippen LogP contribution >= 0.6 is 0 Å². The average Bonchev–Trinajstić information content (AvgIpc) is 2.29. The highest BCUT2D eigenvalue weighted by Gasteiger charge is 2.17. The number of hydrogen-bond donors (Lipinski definition) is 2. The summed E-state index contributed by atoms with van der Waals surface area (Å²) in [6.07, 6.45) is 0.958. The van der Waals surface area contributed by atoms with E-state index >= 15 is 0 Å². The SMILES string of the molecule is CNCCNS(=O)(=O)c1ccc([N+](=O)[O-])nc1. The minimum atomic E-state index is -3.65. The lowest BCUT2D eigenvalue weighted by Gasteiger charge is -2.04. The molecular formula is C8H12N4O4S. The van der Waals surface area contributed by atoms with Crippen molar-refractivity contribution < 1.29 is 13.3 Å². The van der Waals surface area contributed by atoms with Gasteiger partial charge in [0.25, 0.3) is 0 Å². The van der Waals surface area contributed by atoms with Gasteiger partial charge in [-0.25, -0.2) is 13.1 Å². The van der Waals surface area contributed by atoms with Gasteiger partial charge in [-0.15, -0.1) is 0 Å². The molecule has 0 amide bonds. The van der Waals surface area contributed by atoms with E-state index in [1.165, 1.54) is 0 Å². The van der Waals surface area contributed by atoms with Crippen LogP contribution < -0.4 is 10.0 Å². The van der Waals surface area contributed by atoms with Crippen molar-refractivity contribution in [3.63, 3.8) is 0 Å². The number of nitrogens with zero attached hydrogens (tertiary/aromatic N) is 2. The molecule has 1 aromatic rings. The Morgan fingerprint density at radius 2 is 2.12 bits per heavy atom. The van der Waals surface area contributed by atoms with E-state index in [0.29, 0.717) is 6.54 Å². The average molecular weight is 260 g/mol. The number of pyridine rings is 1. The van der Waals surface area contributed by atoms with Crippen molar-refractivity contribution in [2.45, 2.75) is 4.90 Å². The van der Waals surface area contributed by atoms with Crippen LogP contribution in [0.5, 0.6) is 0 Å². The molecule has 0 aliphatic rings. The second-order valence-electron chi connectivity index (χ2n) is 3.11. The molecule has 94 valence electrons. The number of hydrogen-bond acceptors (Lipinski definition) is 6. The van der Waals surface area contributed by atoms with E-state index in [-0.39, 0.29) is 17.3 Å². The Kier molecular flexibility index (Phi) is 4.49. The summed E-state index contributed by atoms with van der Waals surface area (Å²) >= 11 is 0. The van der Waals surface area contributed by atoms with E-state index in [9.17, 15) is 18.5 Å². The molecule has 0 unspecified atom stereocenters. The van der Waals surface area contributed by atoms with Crippen molar-refractivity contribution in [1.29, 1.82) is 0 Å². The Hall–Kier alpha value is -1.58. The van der Waals surface area contributed by atoms with Crippen LogP contribution in [0.2, 0.25) is 0 Å². The summed E-state index contributed by atoms with van der Waals surface area (Å²) in [6.45, 7) is 0.718. The minimum Gasteiger partial charge on any atom is -0.358 e. The lowest BCUT2D eigenvalue weighted by Crippen LogP contribution is -2.30. The first kappa shape index (κ1) is 13.5. The molecule has 0 radical (unpaired) electrons. The zero-order chi connectivity index (χ0) is 12.9. The van der Waals surface area contributed by atoms with Crippen LogP contribution in [0.3, 0.4) is 0 Å². The molecule has 9 heteroatoms. The van der Waals surface area contributed by atoms with Crippen LogP contribution in [0, 0.1) is 10.1 Å². The molecular weight excluding hydrogens is 248 g/mol. The summed E-state index contributed by atoms with van der Waals surface area (Å²) in [5, 5.41) is 13.1. The fourth-order valence-electron chi connectivity index (χ4n) is 1.03. The summed E-state index contributed by atoms with van der Waals surface area (Å²) in [5.74, 6) is -0.390. The van der Waals surface area contributed by atoms with Crippen LogP contribution in [0.25, 0.3) is 0 Å². The molecule has 1 heterocycles. The van der Waals surface area contributed by atoms with Gasteiger partial charge in [0.05, 0.1) is 0 Å². The minimum absolute atomic E-state index is 0.0980. The molecule has 1 aromatic heterocycles. The van der Waals surface area contributed by atoms with E-state index in [1.807, 2.05) is 0 Å². The highest BCUT2D eigenvalue weighted by atomic mass is 32.2. The van der Waals surface area contributed by atoms with E-state index in [0.717, 1.165) is 18.3 Å². The fourth-order valence-corrected chi connectivity index (χ4v) is 2.01. The topological polar surface area (TPSA) is 114 Å². The maximum atomic E-state index is 11.6. The highest BCUT2D eigenvalue weighted by Crippen LogP contribution is 2.11. The number of rotatable bonds is 6. The molecule has 0 spiro atoms. The zero-order valence-electron chi connectivity index (χ0n) is 9.08. The molecule has 0 saturated carbocycles. The van der Waals surface area contributed by atoms with Crippen LogP contribution in [0.4, 0.5) is 5.82 Å². The standard InChI is InChI=1S/C8H12N4O4S/c1-9-4-5-11-17(15,16)7-2-3-8(10-6-7)12(13)14/h2-3,6,9,11H,4-5H2,1H3. The molecule has 1 rings (SSSR count). The monoisotopic (exact) mass is 260 g/mol. The van der Waals surface area contributed by atoms with Crippen LogP contribution in [0.1, 0.15) is 0 Å². The van der Waals surface area contributed by atoms with Gasteiger partial charge < -0.3 is 15.4 Å². The molecule has 0 aliphatic heterocycles. The number of sulfonamides is 1. The Balaban J connectivity index is 2.81. The first-order valence-electron chi connectivity index (χ1n) is 4.72. The lowest BCUT2D eigenvalue weighted by atomic mass is 10.5. The number of nitrogens with one attached hydrogen (secondary N) is 2. The summed E-state index contributed by atoms with van der Waals surface area (Å²) in [6, 6.07) is 2.19. The lowest BCUT2D eigenvalue weighted by molar-refractivity contribution is -0.389. The van der Waals surface area contributed by atoms with Gasteiger partial charge in [0, 0.05) is 19.2 Å². The third-order valence-electron chi connectivity index (χ3n) is 1.89. The van der Waals surface area contributed by atoms with Crippen molar-refractivity contribution in [1.82, 2.24) is 15.0 Å².